The Morgan fingerprint density at radius 2 is 2.00 bits per heavy atom. The number of carboxylic acids is 1. The highest BCUT2D eigenvalue weighted by Gasteiger charge is 2.29. The van der Waals surface area contributed by atoms with Crippen LogP contribution >= 0.6 is 0 Å². The summed E-state index contributed by atoms with van der Waals surface area (Å²) in [6.45, 7) is 1.13. The molecule has 19 heavy (non-hydrogen) atoms. The summed E-state index contributed by atoms with van der Waals surface area (Å²) < 4.78 is 39.4. The molecule has 1 saturated heterocycles. The molecule has 0 aromatic heterocycles. The lowest BCUT2D eigenvalue weighted by atomic mass is 10.1. The van der Waals surface area contributed by atoms with Crippen molar-refractivity contribution in [3.05, 3.63) is 35.1 Å². The van der Waals surface area contributed by atoms with E-state index in [1.54, 1.807) is 0 Å². The SMILES string of the molecule is O=C(O)C1CNCCN1Cc1cc(F)c(F)cc1F. The van der Waals surface area contributed by atoms with Crippen LogP contribution in [0.3, 0.4) is 0 Å². The molecule has 104 valence electrons. The van der Waals surface area contributed by atoms with Gasteiger partial charge in [0.05, 0.1) is 0 Å². The summed E-state index contributed by atoms with van der Waals surface area (Å²) in [4.78, 5) is 12.6. The van der Waals surface area contributed by atoms with E-state index in [0.717, 1.165) is 6.07 Å². The summed E-state index contributed by atoms with van der Waals surface area (Å²) in [5.41, 5.74) is -0.0490. The van der Waals surface area contributed by atoms with Crippen LogP contribution in [0.5, 0.6) is 0 Å². The van der Waals surface area contributed by atoms with Crippen LogP contribution in [0.1, 0.15) is 5.56 Å². The Balaban J connectivity index is 2.19. The number of carboxylic acid groups (broad SMARTS) is 1. The van der Waals surface area contributed by atoms with Crippen molar-refractivity contribution in [3.8, 4) is 0 Å². The Morgan fingerprint density at radius 1 is 1.32 bits per heavy atom. The van der Waals surface area contributed by atoms with Crippen molar-refractivity contribution in [3.63, 3.8) is 0 Å². The van der Waals surface area contributed by atoms with Crippen LogP contribution in [0.15, 0.2) is 12.1 Å². The standard InChI is InChI=1S/C12H13F3N2O2/c13-8-4-10(15)9(14)3-7(8)6-17-2-1-16-5-11(17)12(18)19/h3-4,11,16H,1-2,5-6H2,(H,18,19). The van der Waals surface area contributed by atoms with Gasteiger partial charge in [-0.3, -0.25) is 9.69 Å². The van der Waals surface area contributed by atoms with Crippen molar-refractivity contribution in [2.75, 3.05) is 19.6 Å². The van der Waals surface area contributed by atoms with Gasteiger partial charge in [0, 0.05) is 37.8 Å². The fourth-order valence-corrected chi connectivity index (χ4v) is 2.08. The van der Waals surface area contributed by atoms with E-state index in [1.165, 1.54) is 4.90 Å². The van der Waals surface area contributed by atoms with Crippen molar-refractivity contribution in [1.29, 1.82) is 0 Å². The first-order valence-corrected chi connectivity index (χ1v) is 5.80. The topological polar surface area (TPSA) is 52.6 Å². The first-order chi connectivity index (χ1) is 8.99. The van der Waals surface area contributed by atoms with Crippen LogP contribution in [0.25, 0.3) is 0 Å². The van der Waals surface area contributed by atoms with Gasteiger partial charge in [-0.05, 0) is 6.07 Å². The first kappa shape index (κ1) is 13.8. The van der Waals surface area contributed by atoms with Crippen molar-refractivity contribution in [2.45, 2.75) is 12.6 Å². The van der Waals surface area contributed by atoms with E-state index >= 15 is 0 Å². The fraction of sp³-hybridized carbons (Fsp3) is 0.417. The second kappa shape index (κ2) is 5.58. The Hall–Kier alpha value is -1.60. The average molecular weight is 274 g/mol. The number of aliphatic carboxylic acids is 1. The lowest BCUT2D eigenvalue weighted by Crippen LogP contribution is -2.54. The maximum Gasteiger partial charge on any atom is 0.322 e. The van der Waals surface area contributed by atoms with Gasteiger partial charge in [-0.15, -0.1) is 0 Å². The number of nitrogens with one attached hydrogen (secondary N) is 1. The summed E-state index contributed by atoms with van der Waals surface area (Å²) in [6.07, 6.45) is 0. The minimum absolute atomic E-state index is 0.0490. The van der Waals surface area contributed by atoms with Gasteiger partial charge in [0.15, 0.2) is 11.6 Å². The monoisotopic (exact) mass is 274 g/mol. The first-order valence-electron chi connectivity index (χ1n) is 5.80. The Bertz CT molecular complexity index is 496. The molecule has 0 radical (unpaired) electrons. The smallest absolute Gasteiger partial charge is 0.322 e. The van der Waals surface area contributed by atoms with Gasteiger partial charge in [-0.1, -0.05) is 0 Å². The lowest BCUT2D eigenvalue weighted by molar-refractivity contribution is -0.144. The number of hydrogen-bond acceptors (Lipinski definition) is 3. The zero-order valence-electron chi connectivity index (χ0n) is 10.00. The number of piperazine rings is 1. The number of carbonyl (C=O) groups is 1. The number of nitrogens with zero attached hydrogens (tertiary/aromatic N) is 1. The third-order valence-corrected chi connectivity index (χ3v) is 3.10. The predicted octanol–water partition coefficient (Wildman–Crippen LogP) is 0.962. The average Bonchev–Trinajstić information content (AvgIpc) is 2.36. The highest BCUT2D eigenvalue weighted by Crippen LogP contribution is 2.17. The van der Waals surface area contributed by atoms with Gasteiger partial charge in [0.2, 0.25) is 0 Å². The Morgan fingerprint density at radius 3 is 2.68 bits per heavy atom. The molecule has 1 unspecified atom stereocenters. The molecule has 1 aromatic rings. The zero-order chi connectivity index (χ0) is 14.0. The molecule has 1 fully saturated rings. The van der Waals surface area contributed by atoms with Gasteiger partial charge in [-0.25, -0.2) is 13.2 Å². The molecule has 2 N–H and O–H groups in total. The van der Waals surface area contributed by atoms with Gasteiger partial charge in [0.1, 0.15) is 11.9 Å². The molecule has 0 spiro atoms. The highest BCUT2D eigenvalue weighted by molar-refractivity contribution is 5.74. The predicted molar refractivity (Wildman–Crippen MR) is 61.0 cm³/mol. The van der Waals surface area contributed by atoms with Crippen LogP contribution in [0, 0.1) is 17.5 Å². The minimum Gasteiger partial charge on any atom is -0.480 e. The van der Waals surface area contributed by atoms with Gasteiger partial charge < -0.3 is 10.4 Å². The molecule has 1 heterocycles. The number of benzene rings is 1. The fourth-order valence-electron chi connectivity index (χ4n) is 2.08. The third kappa shape index (κ3) is 3.05. The third-order valence-electron chi connectivity index (χ3n) is 3.10. The van der Waals surface area contributed by atoms with Crippen molar-refractivity contribution in [2.24, 2.45) is 0 Å². The number of rotatable bonds is 3. The molecule has 1 aliphatic heterocycles. The lowest BCUT2D eigenvalue weighted by Gasteiger charge is -2.33. The second-order valence-corrected chi connectivity index (χ2v) is 4.39. The van der Waals surface area contributed by atoms with Crippen LogP contribution < -0.4 is 5.32 Å². The molecule has 0 amide bonds. The highest BCUT2D eigenvalue weighted by atomic mass is 19.2. The molecule has 0 aliphatic carbocycles. The number of hydrogen-bond donors (Lipinski definition) is 2. The Labute approximate surface area is 107 Å². The molecule has 2 rings (SSSR count). The maximum atomic E-state index is 13.5. The minimum atomic E-state index is -1.25. The van der Waals surface area contributed by atoms with Crippen molar-refractivity contribution < 1.29 is 23.1 Å². The molecule has 1 aromatic carbocycles. The van der Waals surface area contributed by atoms with Crippen LogP contribution in [-0.2, 0) is 11.3 Å². The van der Waals surface area contributed by atoms with E-state index in [-0.39, 0.29) is 18.7 Å². The quantitative estimate of drug-likeness (QED) is 0.806. The molecule has 0 bridgehead atoms. The molecular weight excluding hydrogens is 261 g/mol. The summed E-state index contributed by atoms with van der Waals surface area (Å²) in [7, 11) is 0. The summed E-state index contributed by atoms with van der Waals surface area (Å²) in [5, 5.41) is 12.0. The molecule has 0 saturated carbocycles. The largest absolute Gasteiger partial charge is 0.480 e. The van der Waals surface area contributed by atoms with E-state index in [1.807, 2.05) is 0 Å². The second-order valence-electron chi connectivity index (χ2n) is 4.39. The maximum absolute atomic E-state index is 13.5. The molecule has 1 aliphatic rings. The van der Waals surface area contributed by atoms with E-state index < -0.39 is 29.5 Å². The van der Waals surface area contributed by atoms with Crippen LogP contribution in [0.2, 0.25) is 0 Å². The summed E-state index contributed by atoms with van der Waals surface area (Å²) in [6, 6.07) is 0.440. The van der Waals surface area contributed by atoms with Crippen LogP contribution in [-0.4, -0.2) is 41.7 Å². The summed E-state index contributed by atoms with van der Waals surface area (Å²) in [5.74, 6) is -4.30. The van der Waals surface area contributed by atoms with E-state index in [0.29, 0.717) is 19.2 Å². The summed E-state index contributed by atoms with van der Waals surface area (Å²) >= 11 is 0. The van der Waals surface area contributed by atoms with Crippen molar-refractivity contribution >= 4 is 5.97 Å². The van der Waals surface area contributed by atoms with E-state index in [2.05, 4.69) is 5.32 Å². The normalized spacial score (nSPS) is 20.5. The van der Waals surface area contributed by atoms with Gasteiger partial charge in [-0.2, -0.15) is 0 Å². The molecule has 1 atom stereocenters. The van der Waals surface area contributed by atoms with E-state index in [4.69, 9.17) is 5.11 Å². The van der Waals surface area contributed by atoms with Crippen LogP contribution in [0.4, 0.5) is 13.2 Å². The molecule has 7 heteroatoms. The van der Waals surface area contributed by atoms with E-state index in [9.17, 15) is 18.0 Å². The zero-order valence-corrected chi connectivity index (χ0v) is 10.00. The Kier molecular flexibility index (Phi) is 4.06. The van der Waals surface area contributed by atoms with Gasteiger partial charge in [0.25, 0.3) is 0 Å². The molecule has 4 nitrogen and oxygen atoms in total. The number of halogens is 3. The molecular formula is C12H13F3N2O2. The van der Waals surface area contributed by atoms with Gasteiger partial charge >= 0.3 is 5.97 Å². The van der Waals surface area contributed by atoms with Crippen molar-refractivity contribution in [1.82, 2.24) is 10.2 Å².